The van der Waals surface area contributed by atoms with Gasteiger partial charge in [-0.15, -0.1) is 11.8 Å². The second-order valence-electron chi connectivity index (χ2n) is 2.56. The monoisotopic (exact) mass is 245 g/mol. The molecule has 0 fully saturated rings. The van der Waals surface area contributed by atoms with Gasteiger partial charge in [0, 0.05) is 15.9 Å². The first-order valence-electron chi connectivity index (χ1n) is 3.72. The van der Waals surface area contributed by atoms with Gasteiger partial charge in [0.25, 0.3) is 0 Å². The van der Waals surface area contributed by atoms with Crippen LogP contribution in [0.1, 0.15) is 11.1 Å². The summed E-state index contributed by atoms with van der Waals surface area (Å²) in [6.45, 7) is 2.70. The maximum absolute atomic E-state index is 5.66. The van der Waals surface area contributed by atoms with Crippen LogP contribution < -0.4 is 5.73 Å². The Morgan fingerprint density at radius 2 is 2.17 bits per heavy atom. The Balaban J connectivity index is 3.25. The van der Waals surface area contributed by atoms with Gasteiger partial charge >= 0.3 is 0 Å². The van der Waals surface area contributed by atoms with Gasteiger partial charge in [0.1, 0.15) is 0 Å². The molecule has 3 heteroatoms. The molecule has 1 aromatic rings. The Morgan fingerprint density at radius 1 is 1.50 bits per heavy atom. The van der Waals surface area contributed by atoms with Crippen molar-refractivity contribution in [3.63, 3.8) is 0 Å². The van der Waals surface area contributed by atoms with Crippen molar-refractivity contribution in [2.45, 2.75) is 18.4 Å². The van der Waals surface area contributed by atoms with Crippen LogP contribution >= 0.6 is 27.7 Å². The minimum absolute atomic E-state index is 0.613. The van der Waals surface area contributed by atoms with E-state index in [0.717, 1.165) is 4.47 Å². The van der Waals surface area contributed by atoms with Gasteiger partial charge in [-0.2, -0.15) is 0 Å². The third kappa shape index (κ3) is 1.84. The topological polar surface area (TPSA) is 26.0 Å². The van der Waals surface area contributed by atoms with Gasteiger partial charge in [-0.3, -0.25) is 0 Å². The van der Waals surface area contributed by atoms with E-state index in [-0.39, 0.29) is 0 Å². The van der Waals surface area contributed by atoms with Gasteiger partial charge in [0.15, 0.2) is 0 Å². The lowest BCUT2D eigenvalue weighted by Gasteiger charge is -2.09. The van der Waals surface area contributed by atoms with Crippen LogP contribution in [0.4, 0.5) is 0 Å². The molecule has 0 radical (unpaired) electrons. The minimum atomic E-state index is 0.613. The summed E-state index contributed by atoms with van der Waals surface area (Å²) in [7, 11) is 0. The molecule has 0 aromatic heterocycles. The first kappa shape index (κ1) is 10.1. The van der Waals surface area contributed by atoms with E-state index in [1.165, 1.54) is 16.0 Å². The summed E-state index contributed by atoms with van der Waals surface area (Å²) in [6, 6.07) is 4.17. The number of thioether (sulfide) groups is 1. The van der Waals surface area contributed by atoms with Crippen molar-refractivity contribution in [2.24, 2.45) is 5.73 Å². The molecular formula is C9H12BrNS. The molecule has 0 aliphatic rings. The van der Waals surface area contributed by atoms with Crippen molar-refractivity contribution in [1.29, 1.82) is 0 Å². The van der Waals surface area contributed by atoms with Crippen molar-refractivity contribution in [2.75, 3.05) is 6.26 Å². The quantitative estimate of drug-likeness (QED) is 0.812. The highest BCUT2D eigenvalue weighted by Crippen LogP contribution is 2.28. The molecule has 1 aromatic carbocycles. The molecule has 12 heavy (non-hydrogen) atoms. The molecular weight excluding hydrogens is 234 g/mol. The largest absolute Gasteiger partial charge is 0.326 e. The Morgan fingerprint density at radius 3 is 2.67 bits per heavy atom. The first-order valence-corrected chi connectivity index (χ1v) is 5.74. The van der Waals surface area contributed by atoms with E-state index in [1.807, 2.05) is 0 Å². The number of hydrogen-bond donors (Lipinski definition) is 1. The summed E-state index contributed by atoms with van der Waals surface area (Å²) in [5, 5.41) is 0. The smallest absolute Gasteiger partial charge is 0.0208 e. The number of hydrogen-bond acceptors (Lipinski definition) is 2. The van der Waals surface area contributed by atoms with Crippen LogP contribution in [0.5, 0.6) is 0 Å². The van der Waals surface area contributed by atoms with Gasteiger partial charge in [0.2, 0.25) is 0 Å². The molecule has 0 unspecified atom stereocenters. The van der Waals surface area contributed by atoms with E-state index in [2.05, 4.69) is 41.2 Å². The maximum atomic E-state index is 5.66. The Kier molecular flexibility index (Phi) is 3.62. The van der Waals surface area contributed by atoms with E-state index in [9.17, 15) is 0 Å². The SMILES string of the molecule is CSc1ccc(Br)c(C)c1CN. The average molecular weight is 246 g/mol. The first-order chi connectivity index (χ1) is 5.70. The molecule has 0 aliphatic carbocycles. The predicted molar refractivity (Wildman–Crippen MR) is 58.6 cm³/mol. The standard InChI is InChI=1S/C9H12BrNS/c1-6-7(5-11)9(12-2)4-3-8(6)10/h3-4H,5,11H2,1-2H3. The van der Waals surface area contributed by atoms with E-state index in [0.29, 0.717) is 6.54 Å². The molecule has 0 saturated heterocycles. The highest BCUT2D eigenvalue weighted by molar-refractivity contribution is 9.10. The molecule has 0 amide bonds. The second-order valence-corrected chi connectivity index (χ2v) is 4.26. The molecule has 1 rings (SSSR count). The lowest BCUT2D eigenvalue weighted by molar-refractivity contribution is 1.00. The van der Waals surface area contributed by atoms with E-state index < -0.39 is 0 Å². The highest BCUT2D eigenvalue weighted by Gasteiger charge is 2.05. The second kappa shape index (κ2) is 4.30. The van der Waals surface area contributed by atoms with Crippen LogP contribution in [0.2, 0.25) is 0 Å². The molecule has 0 atom stereocenters. The Labute approximate surface area is 85.9 Å². The normalized spacial score (nSPS) is 10.3. The summed E-state index contributed by atoms with van der Waals surface area (Å²) in [5.41, 5.74) is 8.16. The number of rotatable bonds is 2. The summed E-state index contributed by atoms with van der Waals surface area (Å²) in [4.78, 5) is 1.28. The van der Waals surface area contributed by atoms with E-state index >= 15 is 0 Å². The van der Waals surface area contributed by atoms with Crippen molar-refractivity contribution in [3.8, 4) is 0 Å². The van der Waals surface area contributed by atoms with Gasteiger partial charge in [-0.25, -0.2) is 0 Å². The van der Waals surface area contributed by atoms with Gasteiger partial charge < -0.3 is 5.73 Å². The molecule has 2 N–H and O–H groups in total. The third-order valence-corrected chi connectivity index (χ3v) is 3.59. The van der Waals surface area contributed by atoms with Crippen molar-refractivity contribution in [1.82, 2.24) is 0 Å². The summed E-state index contributed by atoms with van der Waals surface area (Å²) in [6.07, 6.45) is 2.07. The van der Waals surface area contributed by atoms with Crippen LogP contribution in [0, 0.1) is 6.92 Å². The lowest BCUT2D eigenvalue weighted by Crippen LogP contribution is -2.01. The summed E-state index contributed by atoms with van der Waals surface area (Å²) in [5.74, 6) is 0. The van der Waals surface area contributed by atoms with Crippen LogP contribution in [-0.2, 0) is 6.54 Å². The number of halogens is 1. The van der Waals surface area contributed by atoms with Gasteiger partial charge in [-0.05, 0) is 36.4 Å². The molecule has 0 spiro atoms. The van der Waals surface area contributed by atoms with Crippen molar-refractivity contribution < 1.29 is 0 Å². The Bertz CT molecular complexity index is 286. The van der Waals surface area contributed by atoms with Crippen LogP contribution in [0.15, 0.2) is 21.5 Å². The highest BCUT2D eigenvalue weighted by atomic mass is 79.9. The molecule has 0 saturated carbocycles. The van der Waals surface area contributed by atoms with Crippen molar-refractivity contribution in [3.05, 3.63) is 27.7 Å². The van der Waals surface area contributed by atoms with E-state index in [1.54, 1.807) is 11.8 Å². The van der Waals surface area contributed by atoms with Crippen LogP contribution in [0.3, 0.4) is 0 Å². The molecule has 0 aliphatic heterocycles. The zero-order valence-corrected chi connectivity index (χ0v) is 9.63. The third-order valence-electron chi connectivity index (χ3n) is 1.91. The van der Waals surface area contributed by atoms with E-state index in [4.69, 9.17) is 5.73 Å². The fraction of sp³-hybridized carbons (Fsp3) is 0.333. The molecule has 0 bridgehead atoms. The number of nitrogens with two attached hydrogens (primary N) is 1. The molecule has 66 valence electrons. The summed E-state index contributed by atoms with van der Waals surface area (Å²) < 4.78 is 1.14. The average Bonchev–Trinajstić information content (AvgIpc) is 2.09. The lowest BCUT2D eigenvalue weighted by atomic mass is 10.1. The maximum Gasteiger partial charge on any atom is 0.0208 e. The van der Waals surface area contributed by atoms with Gasteiger partial charge in [0.05, 0.1) is 0 Å². The van der Waals surface area contributed by atoms with Crippen LogP contribution in [0.25, 0.3) is 0 Å². The van der Waals surface area contributed by atoms with Crippen LogP contribution in [-0.4, -0.2) is 6.26 Å². The fourth-order valence-electron chi connectivity index (χ4n) is 1.15. The zero-order chi connectivity index (χ0) is 9.14. The summed E-state index contributed by atoms with van der Waals surface area (Å²) >= 11 is 5.23. The number of benzene rings is 1. The van der Waals surface area contributed by atoms with Gasteiger partial charge in [-0.1, -0.05) is 15.9 Å². The predicted octanol–water partition coefficient (Wildman–Crippen LogP) is 2.94. The molecule has 0 heterocycles. The minimum Gasteiger partial charge on any atom is -0.326 e. The molecule has 1 nitrogen and oxygen atoms in total. The fourth-order valence-corrected chi connectivity index (χ4v) is 2.21. The Hall–Kier alpha value is 0.01000. The van der Waals surface area contributed by atoms with Crippen molar-refractivity contribution >= 4 is 27.7 Å². The zero-order valence-electron chi connectivity index (χ0n) is 7.23.